The summed E-state index contributed by atoms with van der Waals surface area (Å²) in [5.74, 6) is 0.408. The van der Waals surface area contributed by atoms with Gasteiger partial charge in [-0.25, -0.2) is 0 Å². The Balaban J connectivity index is 2.14. The highest BCUT2D eigenvalue weighted by Crippen LogP contribution is 2.31. The molecular formula is C18H23N3O. The van der Waals surface area contributed by atoms with Crippen LogP contribution in [0.2, 0.25) is 0 Å². The number of benzene rings is 1. The number of nitrogens with one attached hydrogen (secondary N) is 2. The lowest BCUT2D eigenvalue weighted by molar-refractivity contribution is 0.0951. The number of aryl methyl sites for hydroxylation is 1. The van der Waals surface area contributed by atoms with Crippen molar-refractivity contribution >= 4 is 22.5 Å². The molecule has 1 aliphatic rings. The summed E-state index contributed by atoms with van der Waals surface area (Å²) in [6, 6.07) is 4.62. The molecule has 1 aliphatic carbocycles. The van der Waals surface area contributed by atoms with Crippen molar-refractivity contribution in [1.29, 1.82) is 0 Å². The summed E-state index contributed by atoms with van der Waals surface area (Å²) in [4.78, 5) is 16.9. The number of anilines is 1. The number of fused-ring (bicyclic) bond motifs is 1. The van der Waals surface area contributed by atoms with Crippen molar-refractivity contribution < 1.29 is 4.79 Å². The van der Waals surface area contributed by atoms with Gasteiger partial charge in [-0.05, 0) is 48.9 Å². The van der Waals surface area contributed by atoms with Crippen LogP contribution in [-0.2, 0) is 0 Å². The molecular weight excluding hydrogens is 274 g/mol. The number of carbonyl (C=O) groups excluding carboxylic acids is 1. The predicted octanol–water partition coefficient (Wildman–Crippen LogP) is 3.60. The third kappa shape index (κ3) is 2.65. The number of pyridine rings is 1. The van der Waals surface area contributed by atoms with Crippen molar-refractivity contribution in [3.63, 3.8) is 0 Å². The average molecular weight is 297 g/mol. The molecule has 0 radical (unpaired) electrons. The number of hydrogen-bond acceptors (Lipinski definition) is 3. The van der Waals surface area contributed by atoms with Crippen LogP contribution in [0.15, 0.2) is 18.3 Å². The highest BCUT2D eigenvalue weighted by molar-refractivity contribution is 6.07. The molecule has 4 heteroatoms. The van der Waals surface area contributed by atoms with Gasteiger partial charge >= 0.3 is 0 Å². The number of carbonyl (C=O) groups is 1. The van der Waals surface area contributed by atoms with Crippen molar-refractivity contribution in [3.05, 3.63) is 35.0 Å². The molecule has 22 heavy (non-hydrogen) atoms. The number of nitrogens with zero attached hydrogens (tertiary/aromatic N) is 1. The Morgan fingerprint density at radius 2 is 2.05 bits per heavy atom. The van der Waals surface area contributed by atoms with Crippen LogP contribution in [0.25, 0.3) is 10.9 Å². The van der Waals surface area contributed by atoms with Crippen LogP contribution < -0.4 is 10.6 Å². The van der Waals surface area contributed by atoms with E-state index in [1.165, 1.54) is 11.1 Å². The van der Waals surface area contributed by atoms with Crippen LogP contribution in [-0.4, -0.2) is 24.0 Å². The summed E-state index contributed by atoms with van der Waals surface area (Å²) < 4.78 is 0. The zero-order valence-corrected chi connectivity index (χ0v) is 13.7. The maximum absolute atomic E-state index is 12.4. The molecule has 1 aromatic carbocycles. The highest BCUT2D eigenvalue weighted by Gasteiger charge is 2.25. The third-order valence-corrected chi connectivity index (χ3v) is 4.28. The van der Waals surface area contributed by atoms with Gasteiger partial charge in [-0.15, -0.1) is 0 Å². The van der Waals surface area contributed by atoms with Crippen molar-refractivity contribution in [2.24, 2.45) is 0 Å². The molecule has 1 heterocycles. The molecule has 2 N–H and O–H groups in total. The lowest BCUT2D eigenvalue weighted by Gasteiger charge is -2.16. The summed E-state index contributed by atoms with van der Waals surface area (Å²) >= 11 is 0. The van der Waals surface area contributed by atoms with Crippen LogP contribution in [0, 0.1) is 6.92 Å². The SMILES string of the molecule is CNc1c(C(=O)NC2CC2)cnc2cc(C)c(C(C)C)cc12. The van der Waals surface area contributed by atoms with Gasteiger partial charge in [0.1, 0.15) is 0 Å². The summed E-state index contributed by atoms with van der Waals surface area (Å²) in [6.45, 7) is 6.48. The molecule has 0 unspecified atom stereocenters. The number of aromatic nitrogens is 1. The highest BCUT2D eigenvalue weighted by atomic mass is 16.1. The largest absolute Gasteiger partial charge is 0.387 e. The first kappa shape index (κ1) is 14.8. The summed E-state index contributed by atoms with van der Waals surface area (Å²) in [7, 11) is 1.86. The zero-order chi connectivity index (χ0) is 15.9. The van der Waals surface area contributed by atoms with E-state index in [4.69, 9.17) is 0 Å². The summed E-state index contributed by atoms with van der Waals surface area (Å²) in [6.07, 6.45) is 3.84. The predicted molar refractivity (Wildman–Crippen MR) is 90.6 cm³/mol. The van der Waals surface area contributed by atoms with Gasteiger partial charge in [0.25, 0.3) is 5.91 Å². The molecule has 1 saturated carbocycles. The Labute approximate surface area is 131 Å². The number of rotatable bonds is 4. The monoisotopic (exact) mass is 297 g/mol. The van der Waals surface area contributed by atoms with Crippen molar-refractivity contribution in [1.82, 2.24) is 10.3 Å². The Bertz CT molecular complexity index is 733. The number of amides is 1. The van der Waals surface area contributed by atoms with E-state index in [1.54, 1.807) is 6.20 Å². The van der Waals surface area contributed by atoms with Gasteiger partial charge < -0.3 is 10.6 Å². The first-order valence-electron chi connectivity index (χ1n) is 7.93. The van der Waals surface area contributed by atoms with E-state index in [2.05, 4.69) is 48.5 Å². The number of hydrogen-bond donors (Lipinski definition) is 2. The second-order valence-corrected chi connectivity index (χ2v) is 6.43. The van der Waals surface area contributed by atoms with Gasteiger partial charge in [0.15, 0.2) is 0 Å². The standard InChI is InChI=1S/C18H23N3O/c1-10(2)13-8-14-16(7-11(13)3)20-9-15(17(14)19-4)18(22)21-12-5-6-12/h7-10,12H,5-6H2,1-4H3,(H,19,20)(H,21,22). The van der Waals surface area contributed by atoms with E-state index in [9.17, 15) is 4.79 Å². The van der Waals surface area contributed by atoms with Crippen LogP contribution >= 0.6 is 0 Å². The van der Waals surface area contributed by atoms with Crippen LogP contribution in [0.1, 0.15) is 54.1 Å². The van der Waals surface area contributed by atoms with Gasteiger partial charge in [0.2, 0.25) is 0 Å². The smallest absolute Gasteiger partial charge is 0.255 e. The molecule has 0 spiro atoms. The first-order chi connectivity index (χ1) is 10.5. The van der Waals surface area contributed by atoms with Crippen LogP contribution in [0.5, 0.6) is 0 Å². The van der Waals surface area contributed by atoms with E-state index in [0.717, 1.165) is 29.4 Å². The molecule has 1 fully saturated rings. The van der Waals surface area contributed by atoms with Crippen LogP contribution in [0.4, 0.5) is 5.69 Å². The van der Waals surface area contributed by atoms with E-state index >= 15 is 0 Å². The van der Waals surface area contributed by atoms with Crippen molar-refractivity contribution in [2.45, 2.75) is 45.6 Å². The Morgan fingerprint density at radius 3 is 2.64 bits per heavy atom. The van der Waals surface area contributed by atoms with Crippen LogP contribution in [0.3, 0.4) is 0 Å². The topological polar surface area (TPSA) is 54.0 Å². The fourth-order valence-corrected chi connectivity index (χ4v) is 2.91. The Hall–Kier alpha value is -2.10. The molecule has 0 bridgehead atoms. The quantitative estimate of drug-likeness (QED) is 0.906. The second-order valence-electron chi connectivity index (χ2n) is 6.43. The van der Waals surface area contributed by atoms with E-state index in [1.807, 2.05) is 7.05 Å². The molecule has 0 saturated heterocycles. The van der Waals surface area contributed by atoms with Crippen molar-refractivity contribution in [2.75, 3.05) is 12.4 Å². The molecule has 2 aromatic rings. The van der Waals surface area contributed by atoms with Gasteiger partial charge in [-0.1, -0.05) is 13.8 Å². The van der Waals surface area contributed by atoms with E-state index < -0.39 is 0 Å². The van der Waals surface area contributed by atoms with Gasteiger partial charge in [0, 0.05) is 24.7 Å². The minimum Gasteiger partial charge on any atom is -0.387 e. The Kier molecular flexibility index (Phi) is 3.77. The van der Waals surface area contributed by atoms with E-state index in [-0.39, 0.29) is 5.91 Å². The fourth-order valence-electron chi connectivity index (χ4n) is 2.91. The van der Waals surface area contributed by atoms with Gasteiger partial charge in [-0.2, -0.15) is 0 Å². The maximum Gasteiger partial charge on any atom is 0.255 e. The minimum absolute atomic E-state index is 0.0343. The first-order valence-corrected chi connectivity index (χ1v) is 7.93. The third-order valence-electron chi connectivity index (χ3n) is 4.28. The molecule has 1 amide bonds. The molecule has 3 rings (SSSR count). The summed E-state index contributed by atoms with van der Waals surface area (Å²) in [5, 5.41) is 7.25. The Morgan fingerprint density at radius 1 is 1.32 bits per heavy atom. The molecule has 116 valence electrons. The average Bonchev–Trinajstić information content (AvgIpc) is 3.28. The minimum atomic E-state index is -0.0343. The second kappa shape index (κ2) is 5.59. The van der Waals surface area contributed by atoms with Gasteiger partial charge in [-0.3, -0.25) is 9.78 Å². The van der Waals surface area contributed by atoms with E-state index in [0.29, 0.717) is 17.5 Å². The normalized spacial score (nSPS) is 14.4. The molecule has 0 atom stereocenters. The molecule has 4 nitrogen and oxygen atoms in total. The van der Waals surface area contributed by atoms with Crippen molar-refractivity contribution in [3.8, 4) is 0 Å². The fraction of sp³-hybridized carbons (Fsp3) is 0.444. The maximum atomic E-state index is 12.4. The zero-order valence-electron chi connectivity index (χ0n) is 13.7. The molecule has 1 aromatic heterocycles. The lowest BCUT2D eigenvalue weighted by Crippen LogP contribution is -2.26. The summed E-state index contributed by atoms with van der Waals surface area (Å²) in [5.41, 5.74) is 4.96. The lowest BCUT2D eigenvalue weighted by atomic mass is 9.94. The molecule has 0 aliphatic heterocycles. The van der Waals surface area contributed by atoms with Gasteiger partial charge in [0.05, 0.1) is 16.8 Å².